The topological polar surface area (TPSA) is 94.6 Å². The van der Waals surface area contributed by atoms with E-state index in [1.807, 2.05) is 81.4 Å². The summed E-state index contributed by atoms with van der Waals surface area (Å²) < 4.78 is 0. The first-order valence-electron chi connectivity index (χ1n) is 18.3. The van der Waals surface area contributed by atoms with Crippen molar-refractivity contribution in [2.45, 2.75) is 69.3 Å². The van der Waals surface area contributed by atoms with Crippen LogP contribution in [0.4, 0.5) is 0 Å². The molecular weight excluding hydrogens is 677 g/mol. The molecule has 7 rings (SSSR count). The molecule has 0 fully saturated rings. The van der Waals surface area contributed by atoms with E-state index in [2.05, 4.69) is 70.1 Å². The van der Waals surface area contributed by atoms with Gasteiger partial charge in [0.15, 0.2) is 0 Å². The molecule has 6 aromatic rings. The number of pyridine rings is 1. The van der Waals surface area contributed by atoms with Crippen molar-refractivity contribution in [3.05, 3.63) is 155 Å². The summed E-state index contributed by atoms with van der Waals surface area (Å²) in [5.41, 5.74) is 5.69. The van der Waals surface area contributed by atoms with Crippen LogP contribution in [-0.4, -0.2) is 56.8 Å². The maximum Gasteiger partial charge on any atom is 0.251 e. The summed E-state index contributed by atoms with van der Waals surface area (Å²) in [6, 6.07) is 39.7. The van der Waals surface area contributed by atoms with Gasteiger partial charge in [0.2, 0.25) is 0 Å². The van der Waals surface area contributed by atoms with Crippen molar-refractivity contribution in [3.8, 4) is 0 Å². The number of aliphatic hydroxyl groups is 1. The van der Waals surface area contributed by atoms with Gasteiger partial charge in [-0.3, -0.25) is 19.5 Å². The Labute approximate surface area is 315 Å². The Bertz CT molecular complexity index is 2270. The van der Waals surface area contributed by atoms with Crippen LogP contribution in [-0.2, 0) is 25.9 Å². The van der Waals surface area contributed by atoms with Gasteiger partial charge in [-0.25, -0.2) is 0 Å². The number of hydrogen-bond acceptors (Lipinski definition) is 6. The monoisotopic (exact) mass is 722 g/mol. The van der Waals surface area contributed by atoms with E-state index < -0.39 is 17.7 Å². The summed E-state index contributed by atoms with van der Waals surface area (Å²) in [5.74, 6) is 0.0598. The van der Waals surface area contributed by atoms with E-state index in [0.29, 0.717) is 16.9 Å². The quantitative estimate of drug-likeness (QED) is 0.118. The van der Waals surface area contributed by atoms with Crippen molar-refractivity contribution in [2.75, 3.05) is 12.3 Å². The molecule has 0 saturated heterocycles. The van der Waals surface area contributed by atoms with Crippen molar-refractivity contribution >= 4 is 45.3 Å². The number of fused-ring (bicyclic) bond motifs is 3. The van der Waals surface area contributed by atoms with Gasteiger partial charge in [-0.2, -0.15) is 0 Å². The van der Waals surface area contributed by atoms with E-state index in [4.69, 9.17) is 4.98 Å². The fourth-order valence-corrected chi connectivity index (χ4v) is 8.13. The SMILES string of the molecule is CC(C)(C)NC(=O)c1ccccc1CC(O)C(CSc1ccc2ccccc2c1)NC(=O)c1cccc2c1CCN(Cc1ccc3ccccc3n1)C2. The number of carbonyl (C=O) groups is 2. The normalized spacial score (nSPS) is 14.4. The molecule has 1 aromatic heterocycles. The Kier molecular flexibility index (Phi) is 10.9. The van der Waals surface area contributed by atoms with Gasteiger partial charge in [-0.15, -0.1) is 11.8 Å². The lowest BCUT2D eigenvalue weighted by Gasteiger charge is -2.30. The van der Waals surface area contributed by atoms with Crippen LogP contribution in [0, 0.1) is 0 Å². The van der Waals surface area contributed by atoms with Crippen LogP contribution in [0.2, 0.25) is 0 Å². The molecule has 53 heavy (non-hydrogen) atoms. The third-order valence-electron chi connectivity index (χ3n) is 9.74. The lowest BCUT2D eigenvalue weighted by molar-refractivity contribution is 0.0848. The van der Waals surface area contributed by atoms with E-state index in [9.17, 15) is 14.7 Å². The summed E-state index contributed by atoms with van der Waals surface area (Å²) >= 11 is 1.60. The molecule has 2 atom stereocenters. The first kappa shape index (κ1) is 36.3. The Morgan fingerprint density at radius 3 is 2.36 bits per heavy atom. The minimum atomic E-state index is -0.944. The maximum atomic E-state index is 14.2. The maximum absolute atomic E-state index is 14.2. The zero-order chi connectivity index (χ0) is 37.0. The largest absolute Gasteiger partial charge is 0.391 e. The molecule has 7 nitrogen and oxygen atoms in total. The number of nitrogens with zero attached hydrogens (tertiary/aromatic N) is 2. The Balaban J connectivity index is 1.10. The zero-order valence-corrected chi connectivity index (χ0v) is 31.3. The highest BCUT2D eigenvalue weighted by atomic mass is 32.2. The van der Waals surface area contributed by atoms with E-state index >= 15 is 0 Å². The van der Waals surface area contributed by atoms with Crippen LogP contribution >= 0.6 is 11.8 Å². The highest BCUT2D eigenvalue weighted by Crippen LogP contribution is 2.28. The summed E-state index contributed by atoms with van der Waals surface area (Å²) in [6.45, 7) is 8.10. The number of rotatable bonds is 11. The molecule has 0 bridgehead atoms. The fraction of sp³-hybridized carbons (Fsp3) is 0.267. The molecule has 2 unspecified atom stereocenters. The molecule has 0 radical (unpaired) electrons. The molecule has 8 heteroatoms. The second kappa shape index (κ2) is 15.9. The van der Waals surface area contributed by atoms with Crippen molar-refractivity contribution in [1.82, 2.24) is 20.5 Å². The van der Waals surface area contributed by atoms with E-state index in [1.54, 1.807) is 17.8 Å². The van der Waals surface area contributed by atoms with Crippen LogP contribution < -0.4 is 10.6 Å². The molecule has 0 spiro atoms. The second-order valence-corrected chi connectivity index (χ2v) is 16.0. The molecule has 5 aromatic carbocycles. The van der Waals surface area contributed by atoms with Crippen molar-refractivity contribution in [3.63, 3.8) is 0 Å². The third-order valence-corrected chi connectivity index (χ3v) is 10.9. The number of thioether (sulfide) groups is 1. The highest BCUT2D eigenvalue weighted by Gasteiger charge is 2.28. The highest BCUT2D eigenvalue weighted by molar-refractivity contribution is 7.99. The lowest BCUT2D eigenvalue weighted by Crippen LogP contribution is -2.47. The van der Waals surface area contributed by atoms with Gasteiger partial charge >= 0.3 is 0 Å². The number of hydrogen-bond donors (Lipinski definition) is 3. The number of aliphatic hydroxyl groups excluding tert-OH is 1. The Morgan fingerprint density at radius 1 is 0.811 bits per heavy atom. The molecular formula is C45H46N4O3S. The van der Waals surface area contributed by atoms with Crippen LogP contribution in [0.5, 0.6) is 0 Å². The lowest BCUT2D eigenvalue weighted by atomic mass is 9.93. The smallest absolute Gasteiger partial charge is 0.251 e. The molecule has 1 aliphatic rings. The number of carbonyl (C=O) groups excluding carboxylic acids is 2. The minimum absolute atomic E-state index is 0.187. The molecule has 0 saturated carbocycles. The molecule has 270 valence electrons. The summed E-state index contributed by atoms with van der Waals surface area (Å²) in [4.78, 5) is 35.7. The molecule has 3 N–H and O–H groups in total. The van der Waals surface area contributed by atoms with Gasteiger partial charge in [0.25, 0.3) is 11.8 Å². The summed E-state index contributed by atoms with van der Waals surface area (Å²) in [5, 5.41) is 21.6. The zero-order valence-electron chi connectivity index (χ0n) is 30.5. The molecule has 0 aliphatic carbocycles. The summed E-state index contributed by atoms with van der Waals surface area (Å²) in [7, 11) is 0. The van der Waals surface area contributed by atoms with Crippen molar-refractivity contribution < 1.29 is 14.7 Å². The Hall–Kier alpha value is -5.02. The average molecular weight is 723 g/mol. The van der Waals surface area contributed by atoms with Gasteiger partial charge < -0.3 is 15.7 Å². The summed E-state index contributed by atoms with van der Waals surface area (Å²) in [6.07, 6.45) is 0.00341. The van der Waals surface area contributed by atoms with Gasteiger partial charge in [-0.05, 0) is 91.1 Å². The van der Waals surface area contributed by atoms with Crippen LogP contribution in [0.25, 0.3) is 21.7 Å². The van der Waals surface area contributed by atoms with E-state index in [0.717, 1.165) is 75.0 Å². The van der Waals surface area contributed by atoms with Gasteiger partial charge in [0, 0.05) is 58.8 Å². The van der Waals surface area contributed by atoms with Gasteiger partial charge in [-0.1, -0.05) is 84.9 Å². The van der Waals surface area contributed by atoms with Gasteiger partial charge in [0.1, 0.15) is 0 Å². The molecule has 1 aliphatic heterocycles. The van der Waals surface area contributed by atoms with Crippen molar-refractivity contribution in [1.29, 1.82) is 0 Å². The number of nitrogens with one attached hydrogen (secondary N) is 2. The van der Waals surface area contributed by atoms with Crippen LogP contribution in [0.1, 0.15) is 63.9 Å². The van der Waals surface area contributed by atoms with E-state index in [1.165, 1.54) is 0 Å². The fourth-order valence-electron chi connectivity index (χ4n) is 7.07. The third kappa shape index (κ3) is 8.96. The number of para-hydroxylation sites is 1. The van der Waals surface area contributed by atoms with E-state index in [-0.39, 0.29) is 18.2 Å². The standard InChI is InChI=1S/C45H46N4O3S/c1-45(2,3)48-44(52)38-16-8-6-14-33(38)26-42(50)41(29-53-36-22-20-30-11-4-5-13-32(30)25-36)47-43(51)39-17-10-15-34-27-49(24-23-37(34)39)28-35-21-19-31-12-7-9-18-40(31)46-35/h4-22,25,41-42,50H,23-24,26-29H2,1-3H3,(H,47,51)(H,48,52). The average Bonchev–Trinajstić information content (AvgIpc) is 3.15. The Morgan fingerprint density at radius 2 is 1.53 bits per heavy atom. The second-order valence-electron chi connectivity index (χ2n) is 14.9. The van der Waals surface area contributed by atoms with Crippen LogP contribution in [0.15, 0.2) is 126 Å². The molecule has 2 heterocycles. The van der Waals surface area contributed by atoms with Gasteiger partial charge in [0.05, 0.1) is 23.4 Å². The number of aromatic nitrogens is 1. The minimum Gasteiger partial charge on any atom is -0.391 e. The number of amides is 2. The predicted octanol–water partition coefficient (Wildman–Crippen LogP) is 7.97. The first-order chi connectivity index (χ1) is 25.6. The number of benzene rings is 5. The molecule has 2 amide bonds. The first-order valence-corrected chi connectivity index (χ1v) is 19.3. The van der Waals surface area contributed by atoms with Crippen molar-refractivity contribution in [2.24, 2.45) is 0 Å². The van der Waals surface area contributed by atoms with Crippen LogP contribution in [0.3, 0.4) is 0 Å². The predicted molar refractivity (Wildman–Crippen MR) is 215 cm³/mol.